The summed E-state index contributed by atoms with van der Waals surface area (Å²) in [6, 6.07) is 4.95. The minimum absolute atomic E-state index is 0.0699. The van der Waals surface area contributed by atoms with Crippen LogP contribution in [0.1, 0.15) is 12.8 Å². The molecule has 8 heteroatoms. The lowest BCUT2D eigenvalue weighted by molar-refractivity contribution is -0.152. The first-order valence-electron chi connectivity index (χ1n) is 8.05. The summed E-state index contributed by atoms with van der Waals surface area (Å²) in [6.45, 7) is -0.443. The van der Waals surface area contributed by atoms with Gasteiger partial charge < -0.3 is 25.6 Å². The molecule has 8 nitrogen and oxygen atoms in total. The Kier molecular flexibility index (Phi) is 4.52. The van der Waals surface area contributed by atoms with Gasteiger partial charge in [-0.1, -0.05) is 6.07 Å². The number of ether oxygens (including phenoxy) is 2. The van der Waals surface area contributed by atoms with E-state index in [1.54, 1.807) is 18.2 Å². The van der Waals surface area contributed by atoms with Crippen molar-refractivity contribution >= 4 is 29.2 Å². The highest BCUT2D eigenvalue weighted by atomic mass is 16.5. The van der Waals surface area contributed by atoms with E-state index in [4.69, 9.17) is 20.3 Å². The van der Waals surface area contributed by atoms with E-state index in [2.05, 4.69) is 5.32 Å². The van der Waals surface area contributed by atoms with Crippen LogP contribution in [0.4, 0.5) is 11.4 Å². The minimum Gasteiger partial charge on any atom is -0.495 e. The van der Waals surface area contributed by atoms with E-state index in [0.29, 0.717) is 24.3 Å². The number of nitrogens with two attached hydrogens (primary N) is 1. The maximum Gasteiger partial charge on any atom is 0.309 e. The molecule has 2 saturated carbocycles. The molecule has 2 fully saturated rings. The second kappa shape index (κ2) is 6.62. The van der Waals surface area contributed by atoms with Gasteiger partial charge >= 0.3 is 11.9 Å². The van der Waals surface area contributed by atoms with Crippen molar-refractivity contribution in [2.75, 3.05) is 24.8 Å². The Morgan fingerprint density at radius 3 is 2.72 bits per heavy atom. The van der Waals surface area contributed by atoms with Gasteiger partial charge in [0, 0.05) is 0 Å². The van der Waals surface area contributed by atoms with Crippen molar-refractivity contribution in [3.05, 3.63) is 18.2 Å². The number of amides is 1. The lowest BCUT2D eigenvalue weighted by Crippen LogP contribution is -2.26. The quantitative estimate of drug-likeness (QED) is 0.519. The summed E-state index contributed by atoms with van der Waals surface area (Å²) in [5, 5.41) is 11.6. The van der Waals surface area contributed by atoms with E-state index < -0.39 is 36.3 Å². The van der Waals surface area contributed by atoms with Gasteiger partial charge in [-0.05, 0) is 36.8 Å². The smallest absolute Gasteiger partial charge is 0.309 e. The number of hydrogen-bond donors (Lipinski definition) is 3. The van der Waals surface area contributed by atoms with Crippen LogP contribution in [-0.2, 0) is 19.1 Å². The maximum atomic E-state index is 12.1. The number of carbonyl (C=O) groups excluding carboxylic acids is 2. The van der Waals surface area contributed by atoms with Crippen LogP contribution in [0.25, 0.3) is 0 Å². The zero-order valence-electron chi connectivity index (χ0n) is 13.7. The highest BCUT2D eigenvalue weighted by molar-refractivity contribution is 5.96. The van der Waals surface area contributed by atoms with E-state index in [1.807, 2.05) is 0 Å². The molecule has 0 aliphatic heterocycles. The summed E-state index contributed by atoms with van der Waals surface area (Å²) in [5.41, 5.74) is 6.51. The monoisotopic (exact) mass is 348 g/mol. The first kappa shape index (κ1) is 17.1. The van der Waals surface area contributed by atoms with E-state index in [-0.39, 0.29) is 17.5 Å². The predicted octanol–water partition coefficient (Wildman–Crippen LogP) is 1.12. The molecular weight excluding hydrogens is 328 g/mol. The van der Waals surface area contributed by atoms with Crippen LogP contribution in [0.3, 0.4) is 0 Å². The normalized spacial score (nSPS) is 26.4. The third-order valence-electron chi connectivity index (χ3n) is 5.00. The summed E-state index contributed by atoms with van der Waals surface area (Å²) < 4.78 is 10.1. The fraction of sp³-hybridized carbons (Fsp3) is 0.471. The van der Waals surface area contributed by atoms with Gasteiger partial charge in [0.1, 0.15) is 5.75 Å². The Morgan fingerprint density at radius 2 is 2.08 bits per heavy atom. The first-order chi connectivity index (χ1) is 11.9. The lowest BCUT2D eigenvalue weighted by atomic mass is 10.0. The second-order valence-corrected chi connectivity index (χ2v) is 6.37. The number of rotatable bonds is 6. The van der Waals surface area contributed by atoms with Crippen molar-refractivity contribution < 1.29 is 29.0 Å². The van der Waals surface area contributed by atoms with Gasteiger partial charge in [-0.25, -0.2) is 0 Å². The van der Waals surface area contributed by atoms with E-state index in [0.717, 1.165) is 0 Å². The maximum absolute atomic E-state index is 12.1. The number of esters is 1. The number of methoxy groups -OCH3 is 1. The molecule has 2 aliphatic rings. The van der Waals surface area contributed by atoms with E-state index in [9.17, 15) is 14.4 Å². The number of para-hydroxylation sites is 1. The van der Waals surface area contributed by atoms with Gasteiger partial charge in [-0.2, -0.15) is 0 Å². The molecule has 4 unspecified atom stereocenters. The molecule has 1 aromatic carbocycles. The molecule has 1 amide bonds. The van der Waals surface area contributed by atoms with Crippen molar-refractivity contribution in [2.45, 2.75) is 12.8 Å². The van der Waals surface area contributed by atoms with Crippen LogP contribution in [0, 0.1) is 23.7 Å². The molecule has 2 aliphatic carbocycles. The average Bonchev–Trinajstić information content (AvgIpc) is 3.15. The molecule has 4 N–H and O–H groups in total. The van der Waals surface area contributed by atoms with Gasteiger partial charge in [0.15, 0.2) is 6.61 Å². The van der Waals surface area contributed by atoms with Gasteiger partial charge in [-0.3, -0.25) is 14.4 Å². The summed E-state index contributed by atoms with van der Waals surface area (Å²) in [6.07, 6.45) is 1.33. The number of carbonyl (C=O) groups is 3. The zero-order chi connectivity index (χ0) is 18.1. The van der Waals surface area contributed by atoms with Crippen LogP contribution >= 0.6 is 0 Å². The Bertz CT molecular complexity index is 719. The van der Waals surface area contributed by atoms with Crippen LogP contribution in [0.2, 0.25) is 0 Å². The van der Waals surface area contributed by atoms with Gasteiger partial charge in [-0.15, -0.1) is 0 Å². The highest BCUT2D eigenvalue weighted by Gasteiger charge is 2.63. The van der Waals surface area contributed by atoms with Crippen molar-refractivity contribution in [2.24, 2.45) is 23.7 Å². The molecule has 0 heterocycles. The molecule has 4 atom stereocenters. The molecule has 0 aromatic heterocycles. The summed E-state index contributed by atoms with van der Waals surface area (Å²) in [4.78, 5) is 35.2. The van der Waals surface area contributed by atoms with Crippen molar-refractivity contribution in [1.29, 1.82) is 0 Å². The molecule has 0 bridgehead atoms. The van der Waals surface area contributed by atoms with Gasteiger partial charge in [0.05, 0.1) is 30.3 Å². The lowest BCUT2D eigenvalue weighted by Gasteiger charge is -2.14. The third-order valence-corrected chi connectivity index (χ3v) is 5.00. The largest absolute Gasteiger partial charge is 0.495 e. The number of anilines is 2. The first-order valence-corrected chi connectivity index (χ1v) is 8.05. The zero-order valence-corrected chi connectivity index (χ0v) is 13.7. The highest BCUT2D eigenvalue weighted by Crippen LogP contribution is 2.60. The predicted molar refractivity (Wildman–Crippen MR) is 87.8 cm³/mol. The molecule has 0 radical (unpaired) electrons. The Balaban J connectivity index is 1.51. The molecule has 3 rings (SSSR count). The van der Waals surface area contributed by atoms with Crippen LogP contribution in [0.15, 0.2) is 18.2 Å². The molecular formula is C17H20N2O6. The minimum atomic E-state index is -0.862. The number of aliphatic carboxylic acids is 1. The number of hydrogen-bond acceptors (Lipinski definition) is 6. The van der Waals surface area contributed by atoms with Crippen molar-refractivity contribution in [1.82, 2.24) is 0 Å². The van der Waals surface area contributed by atoms with Gasteiger partial charge in [0.25, 0.3) is 5.91 Å². The topological polar surface area (TPSA) is 128 Å². The Morgan fingerprint density at radius 1 is 1.32 bits per heavy atom. The average molecular weight is 348 g/mol. The number of nitrogens with one attached hydrogen (secondary N) is 1. The Labute approximate surface area is 144 Å². The molecule has 134 valence electrons. The third kappa shape index (κ3) is 3.24. The van der Waals surface area contributed by atoms with E-state index in [1.165, 1.54) is 7.11 Å². The fourth-order valence-corrected chi connectivity index (χ4v) is 3.77. The van der Waals surface area contributed by atoms with Crippen LogP contribution < -0.4 is 15.8 Å². The fourth-order valence-electron chi connectivity index (χ4n) is 3.77. The van der Waals surface area contributed by atoms with Gasteiger partial charge in [0.2, 0.25) is 0 Å². The summed E-state index contributed by atoms with van der Waals surface area (Å²) in [7, 11) is 1.47. The molecule has 0 saturated heterocycles. The van der Waals surface area contributed by atoms with Crippen molar-refractivity contribution in [3.8, 4) is 5.75 Å². The van der Waals surface area contributed by atoms with Crippen LogP contribution in [0.5, 0.6) is 5.75 Å². The summed E-state index contributed by atoms with van der Waals surface area (Å²) >= 11 is 0. The standard InChI is InChI=1S/C17H20N2O6/c1-24-11-4-2-3-10(15(11)18)19-12(20)7-25-17(23)9-6-5-8-13(9)14(8)16(21)22/h2-4,8-9,13-14H,5-7,18H2,1H3,(H,19,20)(H,21,22). The van der Waals surface area contributed by atoms with E-state index >= 15 is 0 Å². The SMILES string of the molecule is COc1cccc(NC(=O)COC(=O)C2CCC3C(C(=O)O)C23)c1N. The number of benzene rings is 1. The number of carboxylic acid groups (broad SMARTS) is 1. The molecule has 25 heavy (non-hydrogen) atoms. The van der Waals surface area contributed by atoms with Crippen LogP contribution in [-0.4, -0.2) is 36.7 Å². The Hall–Kier alpha value is -2.77. The summed E-state index contributed by atoms with van der Waals surface area (Å²) in [5.74, 6) is -2.42. The molecule has 0 spiro atoms. The number of nitrogen functional groups attached to an aromatic ring is 1. The number of fused-ring (bicyclic) bond motifs is 1. The number of carboxylic acids is 1. The second-order valence-electron chi connectivity index (χ2n) is 6.37. The van der Waals surface area contributed by atoms with Crippen molar-refractivity contribution in [3.63, 3.8) is 0 Å². The molecule has 1 aromatic rings.